The Bertz CT molecular complexity index is 932. The molecule has 0 radical (unpaired) electrons. The zero-order chi connectivity index (χ0) is 23.3. The van der Waals surface area contributed by atoms with Crippen molar-refractivity contribution < 1.29 is 18.6 Å². The van der Waals surface area contributed by atoms with E-state index in [1.165, 1.54) is 24.2 Å². The topological polar surface area (TPSA) is 55.2 Å². The summed E-state index contributed by atoms with van der Waals surface area (Å²) in [5.74, 6) is 0.273. The third-order valence-corrected chi connectivity index (χ3v) is 7.17. The SMILES string of the molecule is CCc1cc(C2CC(O)C2)ncc1F.CCc1cc(C2CC(OC(=S)SC)C2)ncc1F. The third-order valence-electron chi connectivity index (χ3n) is 6.15. The molecule has 0 unspecified atom stereocenters. The highest BCUT2D eigenvalue weighted by Crippen LogP contribution is 2.39. The maximum atomic E-state index is 13.3. The van der Waals surface area contributed by atoms with Crippen LogP contribution in [-0.2, 0) is 17.6 Å². The zero-order valence-electron chi connectivity index (χ0n) is 18.7. The lowest BCUT2D eigenvalue weighted by Crippen LogP contribution is -2.31. The number of halogens is 2. The molecule has 174 valence electrons. The van der Waals surface area contributed by atoms with Gasteiger partial charge in [0.05, 0.1) is 18.5 Å². The Morgan fingerprint density at radius 1 is 1.00 bits per heavy atom. The first-order valence-electron chi connectivity index (χ1n) is 11.1. The van der Waals surface area contributed by atoms with Crippen LogP contribution in [0.3, 0.4) is 0 Å². The van der Waals surface area contributed by atoms with E-state index in [0.29, 0.717) is 29.1 Å². The number of aliphatic hydroxyl groups excluding tert-OH is 1. The van der Waals surface area contributed by atoms with Crippen LogP contribution in [-0.4, -0.2) is 37.9 Å². The smallest absolute Gasteiger partial charge is 0.219 e. The number of aliphatic hydroxyl groups is 1. The summed E-state index contributed by atoms with van der Waals surface area (Å²) >= 11 is 6.47. The molecule has 2 aliphatic rings. The summed E-state index contributed by atoms with van der Waals surface area (Å²) in [6.45, 7) is 3.88. The molecule has 2 aromatic heterocycles. The molecule has 0 atom stereocenters. The molecule has 4 rings (SSSR count). The van der Waals surface area contributed by atoms with Crippen molar-refractivity contribution in [1.29, 1.82) is 0 Å². The lowest BCUT2D eigenvalue weighted by Gasteiger charge is -2.34. The molecule has 2 heterocycles. The number of thioether (sulfide) groups is 1. The Hall–Kier alpha value is -1.64. The van der Waals surface area contributed by atoms with Crippen LogP contribution >= 0.6 is 24.0 Å². The summed E-state index contributed by atoms with van der Waals surface area (Å²) in [6.07, 6.45) is 9.31. The molecule has 0 spiro atoms. The molecule has 0 saturated heterocycles. The second-order valence-corrected chi connectivity index (χ2v) is 9.70. The quantitative estimate of drug-likeness (QED) is 0.553. The highest BCUT2D eigenvalue weighted by atomic mass is 32.2. The number of hydrogen-bond donors (Lipinski definition) is 1. The Labute approximate surface area is 198 Å². The molecule has 4 nitrogen and oxygen atoms in total. The van der Waals surface area contributed by atoms with E-state index in [1.807, 2.05) is 32.2 Å². The molecule has 32 heavy (non-hydrogen) atoms. The average Bonchev–Trinajstić information content (AvgIpc) is 2.75. The maximum Gasteiger partial charge on any atom is 0.219 e. The Morgan fingerprint density at radius 3 is 1.88 bits per heavy atom. The lowest BCUT2D eigenvalue weighted by molar-refractivity contribution is 0.0731. The van der Waals surface area contributed by atoms with Gasteiger partial charge < -0.3 is 9.84 Å². The summed E-state index contributed by atoms with van der Waals surface area (Å²) in [4.78, 5) is 8.23. The summed E-state index contributed by atoms with van der Waals surface area (Å²) < 4.78 is 32.6. The van der Waals surface area contributed by atoms with Gasteiger partial charge in [0.1, 0.15) is 17.7 Å². The van der Waals surface area contributed by atoms with Crippen LogP contribution in [0.5, 0.6) is 0 Å². The van der Waals surface area contributed by atoms with Gasteiger partial charge in [0.15, 0.2) is 0 Å². The number of rotatable bonds is 5. The van der Waals surface area contributed by atoms with Gasteiger partial charge in [0, 0.05) is 23.2 Å². The first-order valence-corrected chi connectivity index (χ1v) is 12.7. The third kappa shape index (κ3) is 6.23. The number of aromatic nitrogens is 2. The Kier molecular flexibility index (Phi) is 8.96. The molecule has 0 aliphatic heterocycles. The van der Waals surface area contributed by atoms with Crippen molar-refractivity contribution in [1.82, 2.24) is 9.97 Å². The van der Waals surface area contributed by atoms with E-state index >= 15 is 0 Å². The zero-order valence-corrected chi connectivity index (χ0v) is 20.3. The molecule has 0 bridgehead atoms. The van der Waals surface area contributed by atoms with Crippen LogP contribution in [0.1, 0.15) is 73.9 Å². The minimum atomic E-state index is -0.226. The van der Waals surface area contributed by atoms with E-state index in [0.717, 1.165) is 48.2 Å². The molecular formula is C24H30F2N2O2S2. The van der Waals surface area contributed by atoms with Crippen molar-refractivity contribution in [2.24, 2.45) is 0 Å². The number of ether oxygens (including phenoxy) is 1. The first-order chi connectivity index (χ1) is 15.3. The van der Waals surface area contributed by atoms with Gasteiger partial charge in [-0.15, -0.1) is 0 Å². The number of hydrogen-bond acceptors (Lipinski definition) is 6. The van der Waals surface area contributed by atoms with Crippen LogP contribution in [0.2, 0.25) is 0 Å². The van der Waals surface area contributed by atoms with Gasteiger partial charge in [0.25, 0.3) is 0 Å². The van der Waals surface area contributed by atoms with E-state index in [1.54, 1.807) is 0 Å². The highest BCUT2D eigenvalue weighted by Gasteiger charge is 2.33. The normalized spacial score (nSPS) is 23.9. The largest absolute Gasteiger partial charge is 0.475 e. The number of pyridine rings is 2. The molecule has 0 amide bonds. The molecule has 8 heteroatoms. The van der Waals surface area contributed by atoms with Gasteiger partial charge in [-0.25, -0.2) is 8.78 Å². The second-order valence-electron chi connectivity index (χ2n) is 8.29. The molecule has 1 N–H and O–H groups in total. The molecule has 0 aromatic carbocycles. The second kappa shape index (κ2) is 11.5. The van der Waals surface area contributed by atoms with Crippen LogP contribution in [0, 0.1) is 11.6 Å². The van der Waals surface area contributed by atoms with Crippen molar-refractivity contribution in [3.8, 4) is 0 Å². The summed E-state index contributed by atoms with van der Waals surface area (Å²) in [7, 11) is 0. The van der Waals surface area contributed by atoms with Crippen molar-refractivity contribution >= 4 is 28.4 Å². The van der Waals surface area contributed by atoms with Gasteiger partial charge >= 0.3 is 0 Å². The number of thiocarbonyl (C=S) groups is 1. The van der Waals surface area contributed by atoms with Crippen molar-refractivity contribution in [2.75, 3.05) is 6.26 Å². The fraction of sp³-hybridized carbons (Fsp3) is 0.542. The fourth-order valence-corrected chi connectivity index (χ4v) is 4.27. The highest BCUT2D eigenvalue weighted by molar-refractivity contribution is 8.22. The van der Waals surface area contributed by atoms with Gasteiger partial charge in [-0.3, -0.25) is 9.97 Å². The van der Waals surface area contributed by atoms with Crippen LogP contribution in [0.4, 0.5) is 8.78 Å². The van der Waals surface area contributed by atoms with E-state index in [9.17, 15) is 8.78 Å². The summed E-state index contributed by atoms with van der Waals surface area (Å²) in [6, 6.07) is 3.70. The standard InChI is InChI=1S/C13H16FNOS2.C11H14FNO/c1-3-8-6-12(15-7-11(8)14)9-4-10(5-9)16-13(17)18-2;1-2-7-5-11(13-6-10(7)12)8-3-9(14)4-8/h6-7,9-10H,3-5H2,1-2H3;5-6,8-9,14H,2-4H2,1H3. The van der Waals surface area contributed by atoms with Gasteiger partial charge in [0.2, 0.25) is 4.38 Å². The molecule has 2 aliphatic carbocycles. The Morgan fingerprint density at radius 2 is 1.47 bits per heavy atom. The number of nitrogens with zero attached hydrogens (tertiary/aromatic N) is 2. The predicted molar refractivity (Wildman–Crippen MR) is 128 cm³/mol. The predicted octanol–water partition coefficient (Wildman–Crippen LogP) is 5.72. The van der Waals surface area contributed by atoms with Crippen LogP contribution in [0.15, 0.2) is 24.5 Å². The maximum absolute atomic E-state index is 13.3. The average molecular weight is 481 g/mol. The monoisotopic (exact) mass is 480 g/mol. The summed E-state index contributed by atoms with van der Waals surface area (Å²) in [5.41, 5.74) is 3.36. The first kappa shape index (κ1) is 25.0. The number of aryl methyl sites for hydroxylation is 2. The fourth-order valence-electron chi connectivity index (χ4n) is 3.90. The molecule has 2 fully saturated rings. The van der Waals surface area contributed by atoms with Gasteiger partial charge in [-0.05, 0) is 80.3 Å². The van der Waals surface area contributed by atoms with Crippen LogP contribution in [0.25, 0.3) is 0 Å². The lowest BCUT2D eigenvalue weighted by atomic mass is 9.79. The minimum Gasteiger partial charge on any atom is -0.475 e. The van der Waals surface area contributed by atoms with Crippen molar-refractivity contribution in [2.45, 2.75) is 76.4 Å². The molecule has 2 aromatic rings. The van der Waals surface area contributed by atoms with Crippen LogP contribution < -0.4 is 0 Å². The van der Waals surface area contributed by atoms with Crippen molar-refractivity contribution in [3.63, 3.8) is 0 Å². The van der Waals surface area contributed by atoms with Gasteiger partial charge in [-0.2, -0.15) is 0 Å². The van der Waals surface area contributed by atoms with Gasteiger partial charge in [-0.1, -0.05) is 25.6 Å². The van der Waals surface area contributed by atoms with Crippen molar-refractivity contribution in [3.05, 3.63) is 58.7 Å². The Balaban J connectivity index is 0.000000186. The van der Waals surface area contributed by atoms with E-state index in [4.69, 9.17) is 22.1 Å². The minimum absolute atomic E-state index is 0.183. The molecular weight excluding hydrogens is 450 g/mol. The van der Waals surface area contributed by atoms with E-state index in [2.05, 4.69) is 9.97 Å². The van der Waals surface area contributed by atoms with E-state index in [-0.39, 0.29) is 23.8 Å². The summed E-state index contributed by atoms with van der Waals surface area (Å²) in [5, 5.41) is 9.16. The molecule has 2 saturated carbocycles. The van der Waals surface area contributed by atoms with E-state index < -0.39 is 0 Å².